The van der Waals surface area contributed by atoms with E-state index in [0.29, 0.717) is 18.5 Å². The van der Waals surface area contributed by atoms with Crippen LogP contribution >= 0.6 is 0 Å². The van der Waals surface area contributed by atoms with Gasteiger partial charge in [0.25, 0.3) is 5.91 Å². The van der Waals surface area contributed by atoms with Crippen LogP contribution in [0.3, 0.4) is 0 Å². The molecule has 1 atom stereocenters. The lowest BCUT2D eigenvalue weighted by molar-refractivity contribution is -0.137. The summed E-state index contributed by atoms with van der Waals surface area (Å²) in [4.78, 5) is 27.5. The molecule has 10 heteroatoms. The fourth-order valence-corrected chi connectivity index (χ4v) is 4.56. The minimum atomic E-state index is -4.48. The maximum absolute atomic E-state index is 14.9. The SMILES string of the molecule is O=C(c1c(F)cccc1-c1ncccn1)N1CC2(CC2)C[C@H]1CNc1cc(C(F)(F)F)ccn1. The van der Waals surface area contributed by atoms with E-state index < -0.39 is 23.5 Å². The van der Waals surface area contributed by atoms with Gasteiger partial charge >= 0.3 is 6.18 Å². The number of nitrogens with zero attached hydrogens (tertiary/aromatic N) is 4. The lowest BCUT2D eigenvalue weighted by Gasteiger charge is -2.26. The summed E-state index contributed by atoms with van der Waals surface area (Å²) in [6.07, 6.45) is 2.26. The largest absolute Gasteiger partial charge is 0.416 e. The van der Waals surface area contributed by atoms with Crippen LogP contribution in [0.15, 0.2) is 55.0 Å². The van der Waals surface area contributed by atoms with Crippen molar-refractivity contribution >= 4 is 11.7 Å². The molecule has 1 aromatic carbocycles. The molecule has 3 aromatic rings. The van der Waals surface area contributed by atoms with Crippen LogP contribution in [0.5, 0.6) is 0 Å². The van der Waals surface area contributed by atoms with Gasteiger partial charge in [-0.2, -0.15) is 13.2 Å². The summed E-state index contributed by atoms with van der Waals surface area (Å²) in [6, 6.07) is 7.48. The Labute approximate surface area is 193 Å². The summed E-state index contributed by atoms with van der Waals surface area (Å²) >= 11 is 0. The topological polar surface area (TPSA) is 71.0 Å². The number of amides is 1. The van der Waals surface area contributed by atoms with E-state index in [4.69, 9.17) is 0 Å². The van der Waals surface area contributed by atoms with Crippen LogP contribution in [0, 0.1) is 11.2 Å². The molecule has 2 aliphatic rings. The van der Waals surface area contributed by atoms with Crippen LogP contribution in [0.25, 0.3) is 11.4 Å². The van der Waals surface area contributed by atoms with Gasteiger partial charge in [-0.3, -0.25) is 4.79 Å². The normalized spacial score (nSPS) is 18.8. The molecule has 3 heterocycles. The Morgan fingerprint density at radius 2 is 1.85 bits per heavy atom. The zero-order chi connectivity index (χ0) is 23.9. The first kappa shape index (κ1) is 22.2. The molecule has 34 heavy (non-hydrogen) atoms. The Hall–Kier alpha value is -3.56. The lowest BCUT2D eigenvalue weighted by Crippen LogP contribution is -2.40. The Morgan fingerprint density at radius 3 is 2.56 bits per heavy atom. The molecule has 176 valence electrons. The van der Waals surface area contributed by atoms with Gasteiger partial charge in [-0.25, -0.2) is 19.3 Å². The summed E-state index contributed by atoms with van der Waals surface area (Å²) in [5.41, 5.74) is -0.623. The number of hydrogen-bond donors (Lipinski definition) is 1. The van der Waals surface area contributed by atoms with Crippen molar-refractivity contribution in [2.45, 2.75) is 31.5 Å². The number of alkyl halides is 3. The molecule has 1 amide bonds. The molecule has 1 aliphatic carbocycles. The Kier molecular flexibility index (Phi) is 5.45. The quantitative estimate of drug-likeness (QED) is 0.541. The highest BCUT2D eigenvalue weighted by atomic mass is 19.4. The van der Waals surface area contributed by atoms with Crippen LogP contribution in [0.2, 0.25) is 0 Å². The molecule has 1 saturated heterocycles. The molecule has 1 saturated carbocycles. The Balaban J connectivity index is 1.41. The molecule has 5 rings (SSSR count). The van der Waals surface area contributed by atoms with Gasteiger partial charge in [-0.15, -0.1) is 0 Å². The molecule has 0 radical (unpaired) electrons. The van der Waals surface area contributed by atoms with Gasteiger partial charge in [-0.1, -0.05) is 12.1 Å². The number of halogens is 4. The predicted molar refractivity (Wildman–Crippen MR) is 116 cm³/mol. The van der Waals surface area contributed by atoms with Crippen LogP contribution in [-0.4, -0.2) is 44.9 Å². The van der Waals surface area contributed by atoms with Crippen molar-refractivity contribution in [1.29, 1.82) is 0 Å². The first-order valence-corrected chi connectivity index (χ1v) is 10.9. The van der Waals surface area contributed by atoms with E-state index >= 15 is 0 Å². The summed E-state index contributed by atoms with van der Waals surface area (Å²) in [5.74, 6) is -0.831. The molecule has 0 unspecified atom stereocenters. The van der Waals surface area contributed by atoms with Crippen molar-refractivity contribution in [3.63, 3.8) is 0 Å². The number of anilines is 1. The zero-order valence-electron chi connectivity index (χ0n) is 18.0. The highest BCUT2D eigenvalue weighted by Gasteiger charge is 2.53. The number of aromatic nitrogens is 3. The molecule has 0 bridgehead atoms. The average Bonchev–Trinajstić information content (AvgIpc) is 3.48. The summed E-state index contributed by atoms with van der Waals surface area (Å²) < 4.78 is 54.1. The number of nitrogens with one attached hydrogen (secondary N) is 1. The van der Waals surface area contributed by atoms with E-state index in [0.717, 1.165) is 31.2 Å². The van der Waals surface area contributed by atoms with Gasteiger partial charge in [0, 0.05) is 43.3 Å². The van der Waals surface area contributed by atoms with E-state index in [1.54, 1.807) is 17.0 Å². The van der Waals surface area contributed by atoms with Crippen LogP contribution in [0.1, 0.15) is 35.2 Å². The minimum Gasteiger partial charge on any atom is -0.368 e. The molecular weight excluding hydrogens is 450 g/mol. The Morgan fingerprint density at radius 1 is 1.09 bits per heavy atom. The molecule has 6 nitrogen and oxygen atoms in total. The third kappa shape index (κ3) is 4.32. The van der Waals surface area contributed by atoms with Crippen molar-refractivity contribution in [3.8, 4) is 11.4 Å². The number of hydrogen-bond acceptors (Lipinski definition) is 5. The van der Waals surface area contributed by atoms with Crippen LogP contribution in [-0.2, 0) is 6.18 Å². The summed E-state index contributed by atoms with van der Waals surface area (Å²) in [7, 11) is 0. The number of benzene rings is 1. The maximum atomic E-state index is 14.9. The second kappa shape index (κ2) is 8.34. The number of carbonyl (C=O) groups is 1. The lowest BCUT2D eigenvalue weighted by atomic mass is 10.0. The third-order valence-electron chi connectivity index (χ3n) is 6.47. The number of pyridine rings is 1. The number of likely N-dealkylation sites (tertiary alicyclic amines) is 1. The van der Waals surface area contributed by atoms with Gasteiger partial charge in [-0.05, 0) is 48.9 Å². The molecule has 2 aromatic heterocycles. The zero-order valence-corrected chi connectivity index (χ0v) is 18.0. The maximum Gasteiger partial charge on any atom is 0.416 e. The first-order valence-electron chi connectivity index (χ1n) is 10.9. The fraction of sp³-hybridized carbons (Fsp3) is 0.333. The highest BCUT2D eigenvalue weighted by Crippen LogP contribution is 2.55. The van der Waals surface area contributed by atoms with E-state index in [-0.39, 0.29) is 35.2 Å². The van der Waals surface area contributed by atoms with Crippen molar-refractivity contribution in [3.05, 3.63) is 71.9 Å². The monoisotopic (exact) mass is 471 g/mol. The van der Waals surface area contributed by atoms with Crippen LogP contribution < -0.4 is 5.32 Å². The van der Waals surface area contributed by atoms with E-state index in [1.165, 1.54) is 24.5 Å². The second-order valence-electron chi connectivity index (χ2n) is 8.83. The molecule has 1 spiro atoms. The van der Waals surface area contributed by atoms with Crippen molar-refractivity contribution < 1.29 is 22.4 Å². The van der Waals surface area contributed by atoms with Gasteiger partial charge in [0.15, 0.2) is 5.82 Å². The van der Waals surface area contributed by atoms with Gasteiger partial charge < -0.3 is 10.2 Å². The highest BCUT2D eigenvalue weighted by molar-refractivity contribution is 6.00. The summed E-state index contributed by atoms with van der Waals surface area (Å²) in [5, 5.41) is 2.94. The third-order valence-corrected chi connectivity index (χ3v) is 6.47. The molecule has 1 N–H and O–H groups in total. The average molecular weight is 471 g/mol. The van der Waals surface area contributed by atoms with E-state index in [9.17, 15) is 22.4 Å². The van der Waals surface area contributed by atoms with Crippen molar-refractivity contribution in [2.24, 2.45) is 5.41 Å². The Bertz CT molecular complexity index is 1210. The van der Waals surface area contributed by atoms with E-state index in [2.05, 4.69) is 20.3 Å². The minimum absolute atomic E-state index is 0.0160. The van der Waals surface area contributed by atoms with Crippen LogP contribution in [0.4, 0.5) is 23.4 Å². The molecule has 2 fully saturated rings. The predicted octanol–water partition coefficient (Wildman–Crippen LogP) is 4.80. The van der Waals surface area contributed by atoms with Crippen molar-refractivity contribution in [1.82, 2.24) is 19.9 Å². The smallest absolute Gasteiger partial charge is 0.368 e. The van der Waals surface area contributed by atoms with Crippen molar-refractivity contribution in [2.75, 3.05) is 18.4 Å². The standard InChI is InChI=1S/C24H21F4N5O/c25-18-4-1-3-17(21-30-8-2-9-31-21)20(18)22(34)33-14-23(6-7-23)12-16(33)13-32-19-11-15(5-10-29-19)24(26,27)28/h1-5,8-11,16H,6-7,12-14H2,(H,29,32)/t16-/m0/s1. The van der Waals surface area contributed by atoms with Gasteiger partial charge in [0.2, 0.25) is 0 Å². The number of rotatable bonds is 5. The first-order chi connectivity index (χ1) is 16.3. The fourth-order valence-electron chi connectivity index (χ4n) is 4.56. The molecule has 1 aliphatic heterocycles. The summed E-state index contributed by atoms with van der Waals surface area (Å²) in [6.45, 7) is 0.672. The molecular formula is C24H21F4N5O. The number of carbonyl (C=O) groups excluding carboxylic acids is 1. The van der Waals surface area contributed by atoms with E-state index in [1.807, 2.05) is 0 Å². The second-order valence-corrected chi connectivity index (χ2v) is 8.83. The van der Waals surface area contributed by atoms with Gasteiger partial charge in [0.1, 0.15) is 11.6 Å². The van der Waals surface area contributed by atoms with Gasteiger partial charge in [0.05, 0.1) is 11.1 Å².